The predicted octanol–water partition coefficient (Wildman–Crippen LogP) is 4.80. The molecule has 2 aromatic heterocycles. The number of amides is 1. The Morgan fingerprint density at radius 1 is 1.06 bits per heavy atom. The van der Waals surface area contributed by atoms with Crippen molar-refractivity contribution in [3.8, 4) is 5.75 Å². The fourth-order valence-electron chi connectivity index (χ4n) is 4.38. The van der Waals surface area contributed by atoms with Crippen molar-refractivity contribution in [2.45, 2.75) is 26.9 Å². The van der Waals surface area contributed by atoms with Gasteiger partial charge in [0.15, 0.2) is 0 Å². The fraction of sp³-hybridized carbons (Fsp3) is 0.179. The molecule has 182 valence electrons. The predicted molar refractivity (Wildman–Crippen MR) is 138 cm³/mol. The molecule has 7 nitrogen and oxygen atoms in total. The highest BCUT2D eigenvalue weighted by Crippen LogP contribution is 2.27. The van der Waals surface area contributed by atoms with Gasteiger partial charge >= 0.3 is 0 Å². The van der Waals surface area contributed by atoms with Crippen molar-refractivity contribution in [2.24, 2.45) is 0 Å². The molecule has 8 heteroatoms. The Labute approximate surface area is 206 Å². The van der Waals surface area contributed by atoms with E-state index in [1.54, 1.807) is 17.7 Å². The van der Waals surface area contributed by atoms with Gasteiger partial charge in [-0.15, -0.1) is 0 Å². The Morgan fingerprint density at radius 3 is 2.58 bits per heavy atom. The van der Waals surface area contributed by atoms with Crippen LogP contribution in [0.5, 0.6) is 5.75 Å². The number of rotatable bonds is 6. The number of anilines is 1. The smallest absolute Gasteiger partial charge is 0.278 e. The number of carbonyl (C=O) groups excluding carboxylic acids is 1. The molecule has 0 bridgehead atoms. The lowest BCUT2D eigenvalue weighted by molar-refractivity contribution is -0.116. The van der Waals surface area contributed by atoms with E-state index in [9.17, 15) is 14.0 Å². The normalized spacial score (nSPS) is 11.2. The first-order valence-corrected chi connectivity index (χ1v) is 11.5. The van der Waals surface area contributed by atoms with Gasteiger partial charge in [-0.25, -0.2) is 9.37 Å². The molecule has 0 unspecified atom stereocenters. The second-order valence-corrected chi connectivity index (χ2v) is 8.84. The van der Waals surface area contributed by atoms with Crippen molar-refractivity contribution in [1.82, 2.24) is 14.1 Å². The van der Waals surface area contributed by atoms with E-state index >= 15 is 0 Å². The Balaban J connectivity index is 1.58. The first-order valence-electron chi connectivity index (χ1n) is 11.5. The van der Waals surface area contributed by atoms with E-state index in [2.05, 4.69) is 10.3 Å². The number of nitrogens with one attached hydrogen (secondary N) is 1. The van der Waals surface area contributed by atoms with E-state index in [4.69, 9.17) is 4.74 Å². The van der Waals surface area contributed by atoms with E-state index in [1.807, 2.05) is 56.3 Å². The van der Waals surface area contributed by atoms with Crippen molar-refractivity contribution < 1.29 is 13.9 Å². The Morgan fingerprint density at radius 2 is 1.83 bits per heavy atom. The zero-order valence-corrected chi connectivity index (χ0v) is 20.2. The SMILES string of the molecule is COc1ccc(Cn2cnc3c4cc(F)ccc4n(CC(=O)Nc4cc(C)ccc4C)c3c2=O)cc1. The van der Waals surface area contributed by atoms with Crippen molar-refractivity contribution >= 4 is 33.5 Å². The summed E-state index contributed by atoms with van der Waals surface area (Å²) in [5.74, 6) is -0.0148. The summed E-state index contributed by atoms with van der Waals surface area (Å²) in [6.45, 7) is 4.03. The van der Waals surface area contributed by atoms with Gasteiger partial charge in [0.2, 0.25) is 5.91 Å². The van der Waals surface area contributed by atoms with E-state index in [1.165, 1.54) is 23.0 Å². The molecule has 0 radical (unpaired) electrons. The number of fused-ring (bicyclic) bond motifs is 3. The second-order valence-electron chi connectivity index (χ2n) is 8.84. The summed E-state index contributed by atoms with van der Waals surface area (Å²) >= 11 is 0. The van der Waals surface area contributed by atoms with Gasteiger partial charge in [-0.05, 0) is 66.9 Å². The highest BCUT2D eigenvalue weighted by Gasteiger charge is 2.19. The molecule has 5 aromatic rings. The summed E-state index contributed by atoms with van der Waals surface area (Å²) in [5.41, 5.74) is 4.42. The van der Waals surface area contributed by atoms with Gasteiger partial charge in [-0.1, -0.05) is 24.3 Å². The quantitative estimate of drug-likeness (QED) is 0.376. The highest BCUT2D eigenvalue weighted by atomic mass is 19.1. The summed E-state index contributed by atoms with van der Waals surface area (Å²) in [7, 11) is 1.59. The van der Waals surface area contributed by atoms with Crippen LogP contribution in [0.3, 0.4) is 0 Å². The van der Waals surface area contributed by atoms with Crippen molar-refractivity contribution in [3.05, 3.63) is 99.9 Å². The maximum absolute atomic E-state index is 14.1. The van der Waals surface area contributed by atoms with Crippen LogP contribution in [-0.4, -0.2) is 27.1 Å². The van der Waals surface area contributed by atoms with Crippen LogP contribution in [-0.2, 0) is 17.9 Å². The summed E-state index contributed by atoms with van der Waals surface area (Å²) < 4.78 is 22.4. The van der Waals surface area contributed by atoms with Crippen LogP contribution in [0, 0.1) is 19.7 Å². The Kier molecular flexibility index (Phi) is 6.01. The van der Waals surface area contributed by atoms with Gasteiger partial charge < -0.3 is 14.6 Å². The topological polar surface area (TPSA) is 78.2 Å². The number of halogens is 1. The van der Waals surface area contributed by atoms with Crippen LogP contribution in [0.4, 0.5) is 10.1 Å². The maximum atomic E-state index is 14.1. The third-order valence-corrected chi connectivity index (χ3v) is 6.27. The number of methoxy groups -OCH3 is 1. The molecule has 0 spiro atoms. The van der Waals surface area contributed by atoms with Gasteiger partial charge in [-0.2, -0.15) is 0 Å². The molecule has 1 N–H and O–H groups in total. The first-order chi connectivity index (χ1) is 17.3. The molecular weight excluding hydrogens is 459 g/mol. The first kappa shape index (κ1) is 23.3. The van der Waals surface area contributed by atoms with Gasteiger partial charge in [0, 0.05) is 11.1 Å². The number of hydrogen-bond donors (Lipinski definition) is 1. The molecule has 0 saturated heterocycles. The minimum atomic E-state index is -0.439. The third kappa shape index (κ3) is 4.33. The largest absolute Gasteiger partial charge is 0.497 e. The molecular formula is C28H25FN4O3. The van der Waals surface area contributed by atoms with Crippen LogP contribution in [0.1, 0.15) is 16.7 Å². The van der Waals surface area contributed by atoms with Crippen LogP contribution < -0.4 is 15.6 Å². The fourth-order valence-corrected chi connectivity index (χ4v) is 4.38. The van der Waals surface area contributed by atoms with Crippen molar-refractivity contribution in [3.63, 3.8) is 0 Å². The van der Waals surface area contributed by atoms with E-state index in [-0.39, 0.29) is 30.1 Å². The highest BCUT2D eigenvalue weighted by molar-refractivity contribution is 6.06. The molecule has 3 aromatic carbocycles. The summed E-state index contributed by atoms with van der Waals surface area (Å²) in [6.07, 6.45) is 1.46. The Bertz CT molecular complexity index is 1670. The minimum absolute atomic E-state index is 0.123. The van der Waals surface area contributed by atoms with Crippen LogP contribution in [0.15, 0.2) is 71.8 Å². The molecule has 0 atom stereocenters. The molecule has 0 aliphatic carbocycles. The maximum Gasteiger partial charge on any atom is 0.278 e. The minimum Gasteiger partial charge on any atom is -0.497 e. The lowest BCUT2D eigenvalue weighted by Crippen LogP contribution is -2.25. The van der Waals surface area contributed by atoms with Crippen molar-refractivity contribution in [1.29, 1.82) is 0 Å². The molecule has 0 aliphatic rings. The van der Waals surface area contributed by atoms with Crippen LogP contribution in [0.2, 0.25) is 0 Å². The van der Waals surface area contributed by atoms with Gasteiger partial charge in [0.25, 0.3) is 5.56 Å². The second kappa shape index (κ2) is 9.30. The standard InChI is InChI=1S/C28H25FN4O3/c1-17-4-5-18(2)23(12-17)31-25(34)15-33-24-11-8-20(29)13-22(24)26-27(33)28(35)32(16-30-26)14-19-6-9-21(36-3)10-7-19/h4-13,16H,14-15H2,1-3H3,(H,31,34). The number of carbonyl (C=O) groups is 1. The zero-order chi connectivity index (χ0) is 25.4. The number of hydrogen-bond acceptors (Lipinski definition) is 4. The molecule has 2 heterocycles. The number of nitrogens with zero attached hydrogens (tertiary/aromatic N) is 3. The number of aryl methyl sites for hydroxylation is 2. The van der Waals surface area contributed by atoms with Gasteiger partial charge in [-0.3, -0.25) is 14.2 Å². The average molecular weight is 485 g/mol. The molecule has 0 aliphatic heterocycles. The zero-order valence-electron chi connectivity index (χ0n) is 20.2. The number of benzene rings is 3. The van der Waals surface area contributed by atoms with E-state index < -0.39 is 5.82 Å². The Hall–Kier alpha value is -4.46. The lowest BCUT2D eigenvalue weighted by Gasteiger charge is -2.12. The molecule has 0 saturated carbocycles. The van der Waals surface area contributed by atoms with Gasteiger partial charge in [0.05, 0.1) is 25.5 Å². The van der Waals surface area contributed by atoms with Crippen LogP contribution in [0.25, 0.3) is 21.9 Å². The number of aromatic nitrogens is 3. The van der Waals surface area contributed by atoms with Crippen molar-refractivity contribution in [2.75, 3.05) is 12.4 Å². The summed E-state index contributed by atoms with van der Waals surface area (Å²) in [4.78, 5) is 31.2. The molecule has 5 rings (SSSR count). The van der Waals surface area contributed by atoms with Crippen LogP contribution >= 0.6 is 0 Å². The molecule has 0 fully saturated rings. The molecule has 36 heavy (non-hydrogen) atoms. The average Bonchev–Trinajstić information content (AvgIpc) is 3.16. The van der Waals surface area contributed by atoms with E-state index in [0.29, 0.717) is 22.1 Å². The number of ether oxygens (including phenoxy) is 1. The van der Waals surface area contributed by atoms with Gasteiger partial charge in [0.1, 0.15) is 29.1 Å². The monoisotopic (exact) mass is 484 g/mol. The van der Waals surface area contributed by atoms with E-state index in [0.717, 1.165) is 22.4 Å². The lowest BCUT2D eigenvalue weighted by atomic mass is 10.1. The molecule has 1 amide bonds. The summed E-state index contributed by atoms with van der Waals surface area (Å²) in [5, 5.41) is 3.42. The third-order valence-electron chi connectivity index (χ3n) is 6.27. The summed E-state index contributed by atoms with van der Waals surface area (Å²) in [6, 6.07) is 17.4.